The van der Waals surface area contributed by atoms with Gasteiger partial charge in [0.05, 0.1) is 17.4 Å². The van der Waals surface area contributed by atoms with E-state index in [-0.39, 0.29) is 29.4 Å². The molecule has 0 spiro atoms. The number of amides is 1. The Balaban J connectivity index is 2.65. The Hall–Kier alpha value is -0.620. The van der Waals surface area contributed by atoms with Gasteiger partial charge in [0.15, 0.2) is 9.84 Å². The first-order valence-electron chi connectivity index (χ1n) is 5.58. The molecular weight excluding hydrogens is 228 g/mol. The maximum atomic E-state index is 12.0. The summed E-state index contributed by atoms with van der Waals surface area (Å²) in [6, 6.07) is -0.168. The minimum atomic E-state index is -2.94. The monoisotopic (exact) mass is 248 g/mol. The average molecular weight is 248 g/mol. The molecule has 0 saturated carbocycles. The van der Waals surface area contributed by atoms with Crippen LogP contribution in [-0.2, 0) is 14.6 Å². The van der Waals surface area contributed by atoms with Gasteiger partial charge in [-0.1, -0.05) is 6.92 Å². The lowest BCUT2D eigenvalue weighted by molar-refractivity contribution is -0.135. The third kappa shape index (κ3) is 2.95. The number of nitrogens with zero attached hydrogens (tertiary/aromatic N) is 1. The molecule has 16 heavy (non-hydrogen) atoms. The number of sulfone groups is 1. The molecule has 0 aliphatic carbocycles. The Morgan fingerprint density at radius 3 is 2.56 bits per heavy atom. The number of carbonyl (C=O) groups excluding carboxylic acids is 1. The van der Waals surface area contributed by atoms with Crippen LogP contribution in [0.1, 0.15) is 19.8 Å². The normalized spacial score (nSPS) is 25.3. The van der Waals surface area contributed by atoms with Gasteiger partial charge in [-0.15, -0.1) is 0 Å². The van der Waals surface area contributed by atoms with Crippen molar-refractivity contribution in [1.82, 2.24) is 4.90 Å². The van der Waals surface area contributed by atoms with Gasteiger partial charge in [0.1, 0.15) is 0 Å². The zero-order chi connectivity index (χ0) is 12.3. The summed E-state index contributed by atoms with van der Waals surface area (Å²) < 4.78 is 22.6. The summed E-state index contributed by atoms with van der Waals surface area (Å²) in [6.07, 6.45) is 1.24. The third-order valence-electron chi connectivity index (χ3n) is 3.23. The van der Waals surface area contributed by atoms with Gasteiger partial charge in [-0.05, 0) is 12.8 Å². The van der Waals surface area contributed by atoms with Crippen molar-refractivity contribution in [3.05, 3.63) is 0 Å². The molecule has 0 aromatic heterocycles. The highest BCUT2D eigenvalue weighted by molar-refractivity contribution is 7.91. The van der Waals surface area contributed by atoms with E-state index in [9.17, 15) is 13.2 Å². The summed E-state index contributed by atoms with van der Waals surface area (Å²) >= 11 is 0. The number of nitrogens with two attached hydrogens (primary N) is 1. The molecule has 1 heterocycles. The van der Waals surface area contributed by atoms with Crippen molar-refractivity contribution in [2.75, 3.05) is 25.1 Å². The van der Waals surface area contributed by atoms with E-state index in [0.717, 1.165) is 0 Å². The first kappa shape index (κ1) is 13.4. The molecule has 2 unspecified atom stereocenters. The van der Waals surface area contributed by atoms with Crippen LogP contribution in [-0.4, -0.2) is 50.4 Å². The van der Waals surface area contributed by atoms with Gasteiger partial charge in [-0.3, -0.25) is 4.79 Å². The third-order valence-corrected chi connectivity index (χ3v) is 4.98. The SMILES string of the molecule is CCC(CN)C(=O)N(C)C1CCS(=O)(=O)C1. The van der Waals surface area contributed by atoms with Crippen LogP contribution in [0.15, 0.2) is 0 Å². The zero-order valence-corrected chi connectivity index (χ0v) is 10.7. The van der Waals surface area contributed by atoms with Gasteiger partial charge in [-0.25, -0.2) is 8.42 Å². The molecule has 6 heteroatoms. The van der Waals surface area contributed by atoms with Gasteiger partial charge >= 0.3 is 0 Å². The molecule has 1 fully saturated rings. The molecular formula is C10H20N2O3S. The van der Waals surface area contributed by atoms with E-state index < -0.39 is 9.84 Å². The molecule has 2 atom stereocenters. The van der Waals surface area contributed by atoms with Crippen LogP contribution < -0.4 is 5.73 Å². The predicted octanol–water partition coefficient (Wildman–Crippen LogP) is -0.383. The molecule has 1 amide bonds. The smallest absolute Gasteiger partial charge is 0.226 e. The molecule has 0 radical (unpaired) electrons. The predicted molar refractivity (Wildman–Crippen MR) is 62.7 cm³/mol. The second-order valence-electron chi connectivity index (χ2n) is 4.35. The number of rotatable bonds is 4. The van der Waals surface area contributed by atoms with Crippen molar-refractivity contribution < 1.29 is 13.2 Å². The van der Waals surface area contributed by atoms with E-state index in [1.165, 1.54) is 0 Å². The zero-order valence-electron chi connectivity index (χ0n) is 9.85. The van der Waals surface area contributed by atoms with E-state index in [2.05, 4.69) is 0 Å². The fourth-order valence-electron chi connectivity index (χ4n) is 1.99. The van der Waals surface area contributed by atoms with Crippen LogP contribution >= 0.6 is 0 Å². The average Bonchev–Trinajstić information content (AvgIpc) is 2.59. The van der Waals surface area contributed by atoms with Crippen molar-refractivity contribution in [1.29, 1.82) is 0 Å². The number of hydrogen-bond acceptors (Lipinski definition) is 4. The molecule has 1 rings (SSSR count). The largest absolute Gasteiger partial charge is 0.341 e. The molecule has 0 aromatic carbocycles. The van der Waals surface area contributed by atoms with Gasteiger partial charge in [-0.2, -0.15) is 0 Å². The number of carbonyl (C=O) groups is 1. The Bertz CT molecular complexity index is 349. The lowest BCUT2D eigenvalue weighted by atomic mass is 10.0. The van der Waals surface area contributed by atoms with Gasteiger partial charge in [0.25, 0.3) is 0 Å². The lowest BCUT2D eigenvalue weighted by Gasteiger charge is -2.27. The summed E-state index contributed by atoms with van der Waals surface area (Å²) in [5.41, 5.74) is 5.51. The highest BCUT2D eigenvalue weighted by Crippen LogP contribution is 2.18. The van der Waals surface area contributed by atoms with E-state index in [0.29, 0.717) is 19.4 Å². The minimum Gasteiger partial charge on any atom is -0.341 e. The van der Waals surface area contributed by atoms with Crippen molar-refractivity contribution in [2.45, 2.75) is 25.8 Å². The van der Waals surface area contributed by atoms with Crippen molar-refractivity contribution in [3.8, 4) is 0 Å². The van der Waals surface area contributed by atoms with E-state index in [1.807, 2.05) is 6.92 Å². The topological polar surface area (TPSA) is 80.5 Å². The highest BCUT2D eigenvalue weighted by Gasteiger charge is 2.34. The first-order valence-corrected chi connectivity index (χ1v) is 7.40. The summed E-state index contributed by atoms with van der Waals surface area (Å²) in [4.78, 5) is 13.5. The maximum absolute atomic E-state index is 12.0. The highest BCUT2D eigenvalue weighted by atomic mass is 32.2. The van der Waals surface area contributed by atoms with E-state index in [4.69, 9.17) is 5.73 Å². The fraction of sp³-hybridized carbons (Fsp3) is 0.900. The van der Waals surface area contributed by atoms with Crippen LogP contribution in [0.5, 0.6) is 0 Å². The maximum Gasteiger partial charge on any atom is 0.226 e. The van der Waals surface area contributed by atoms with Crippen molar-refractivity contribution in [2.24, 2.45) is 11.7 Å². The van der Waals surface area contributed by atoms with Crippen LogP contribution in [0.2, 0.25) is 0 Å². The van der Waals surface area contributed by atoms with Crippen LogP contribution in [0, 0.1) is 5.92 Å². The molecule has 0 aromatic rings. The summed E-state index contributed by atoms with van der Waals surface area (Å²) in [5.74, 6) is 0.0608. The molecule has 0 bridgehead atoms. The van der Waals surface area contributed by atoms with Gasteiger partial charge in [0.2, 0.25) is 5.91 Å². The summed E-state index contributed by atoms with van der Waals surface area (Å²) in [5, 5.41) is 0. The van der Waals surface area contributed by atoms with Gasteiger partial charge < -0.3 is 10.6 Å². The second kappa shape index (κ2) is 5.14. The molecule has 1 aliphatic rings. The number of hydrogen-bond donors (Lipinski definition) is 1. The quantitative estimate of drug-likeness (QED) is 0.735. The summed E-state index contributed by atoms with van der Waals surface area (Å²) in [6.45, 7) is 2.23. The molecule has 1 saturated heterocycles. The Morgan fingerprint density at radius 2 is 2.19 bits per heavy atom. The lowest BCUT2D eigenvalue weighted by Crippen LogP contribution is -2.43. The van der Waals surface area contributed by atoms with Crippen molar-refractivity contribution >= 4 is 15.7 Å². The Kier molecular flexibility index (Phi) is 4.32. The second-order valence-corrected chi connectivity index (χ2v) is 6.58. The van der Waals surface area contributed by atoms with E-state index in [1.54, 1.807) is 11.9 Å². The molecule has 94 valence electrons. The molecule has 1 aliphatic heterocycles. The Labute approximate surface area is 96.9 Å². The molecule has 2 N–H and O–H groups in total. The van der Waals surface area contributed by atoms with Crippen LogP contribution in [0.4, 0.5) is 0 Å². The Morgan fingerprint density at radius 1 is 1.56 bits per heavy atom. The van der Waals surface area contributed by atoms with E-state index >= 15 is 0 Å². The first-order chi connectivity index (χ1) is 7.41. The standard InChI is InChI=1S/C10H20N2O3S/c1-3-8(6-11)10(13)12(2)9-4-5-16(14,15)7-9/h8-9H,3-7,11H2,1-2H3. The minimum absolute atomic E-state index is 0.0351. The summed E-state index contributed by atoms with van der Waals surface area (Å²) in [7, 11) is -1.27. The fourth-order valence-corrected chi connectivity index (χ4v) is 3.77. The molecule has 5 nitrogen and oxygen atoms in total. The van der Waals surface area contributed by atoms with Crippen LogP contribution in [0.3, 0.4) is 0 Å². The van der Waals surface area contributed by atoms with Crippen LogP contribution in [0.25, 0.3) is 0 Å². The van der Waals surface area contributed by atoms with Crippen molar-refractivity contribution in [3.63, 3.8) is 0 Å². The van der Waals surface area contributed by atoms with Gasteiger partial charge in [0, 0.05) is 19.6 Å².